The Morgan fingerprint density at radius 3 is 2.66 bits per heavy atom. The van der Waals surface area contributed by atoms with Gasteiger partial charge in [-0.1, -0.05) is 49.6 Å². The molecule has 0 saturated heterocycles. The van der Waals surface area contributed by atoms with Crippen molar-refractivity contribution < 1.29 is 9.53 Å². The first-order chi connectivity index (χ1) is 15.7. The van der Waals surface area contributed by atoms with Crippen LogP contribution in [0.15, 0.2) is 67.0 Å². The number of amides is 1. The monoisotopic (exact) mass is 432 g/mol. The SMILES string of the molecule is COc1ccc(/C(=C\C=C\C(=O)N[C@H](C)CCCc2cccnc2)C2CCCCC2)cc1. The van der Waals surface area contributed by atoms with E-state index in [1.165, 1.54) is 48.8 Å². The second kappa shape index (κ2) is 12.8. The number of nitrogens with zero attached hydrogens (tertiary/aromatic N) is 1. The van der Waals surface area contributed by atoms with Crippen molar-refractivity contribution in [3.05, 3.63) is 78.1 Å². The zero-order valence-electron chi connectivity index (χ0n) is 19.4. The molecule has 0 unspecified atom stereocenters. The molecule has 4 nitrogen and oxygen atoms in total. The Morgan fingerprint density at radius 1 is 1.19 bits per heavy atom. The summed E-state index contributed by atoms with van der Waals surface area (Å²) >= 11 is 0. The molecule has 32 heavy (non-hydrogen) atoms. The number of hydrogen-bond acceptors (Lipinski definition) is 3. The molecule has 3 rings (SSSR count). The van der Waals surface area contributed by atoms with Crippen LogP contribution in [-0.4, -0.2) is 24.0 Å². The lowest BCUT2D eigenvalue weighted by Gasteiger charge is -2.25. The van der Waals surface area contributed by atoms with Crippen LogP contribution >= 0.6 is 0 Å². The van der Waals surface area contributed by atoms with E-state index in [0.29, 0.717) is 5.92 Å². The molecule has 2 aromatic rings. The van der Waals surface area contributed by atoms with Crippen LogP contribution in [0, 0.1) is 5.92 Å². The van der Waals surface area contributed by atoms with E-state index >= 15 is 0 Å². The minimum atomic E-state index is -0.0344. The lowest BCUT2D eigenvalue weighted by molar-refractivity contribution is -0.117. The van der Waals surface area contributed by atoms with Crippen molar-refractivity contribution in [2.45, 2.75) is 64.3 Å². The van der Waals surface area contributed by atoms with Gasteiger partial charge in [0.05, 0.1) is 7.11 Å². The summed E-state index contributed by atoms with van der Waals surface area (Å²) in [7, 11) is 1.69. The van der Waals surface area contributed by atoms with Crippen molar-refractivity contribution in [3.8, 4) is 5.75 Å². The van der Waals surface area contributed by atoms with Crippen LogP contribution in [0.1, 0.15) is 63.0 Å². The zero-order valence-corrected chi connectivity index (χ0v) is 19.4. The smallest absolute Gasteiger partial charge is 0.244 e. The molecule has 0 spiro atoms. The van der Waals surface area contributed by atoms with E-state index < -0.39 is 0 Å². The van der Waals surface area contributed by atoms with Crippen molar-refractivity contribution in [3.63, 3.8) is 0 Å². The van der Waals surface area contributed by atoms with Crippen molar-refractivity contribution in [2.75, 3.05) is 7.11 Å². The van der Waals surface area contributed by atoms with Crippen LogP contribution < -0.4 is 10.1 Å². The standard InChI is InChI=1S/C28H36N2O2/c1-22(9-6-10-23-11-8-20-29-21-23)30-28(31)15-7-14-27(24-12-4-3-5-13-24)25-16-18-26(32-2)19-17-25/h7-8,11,14-22,24H,3-6,9-10,12-13H2,1-2H3,(H,30,31)/b15-7+,27-14-/t22-/m1/s1. The van der Waals surface area contributed by atoms with Gasteiger partial charge in [0.2, 0.25) is 5.91 Å². The Balaban J connectivity index is 1.55. The van der Waals surface area contributed by atoms with Crippen LogP contribution in [-0.2, 0) is 11.2 Å². The third-order valence-corrected chi connectivity index (χ3v) is 6.21. The number of carbonyl (C=O) groups is 1. The Kier molecular flexibility index (Phi) is 9.55. The van der Waals surface area contributed by atoms with Gasteiger partial charge in [0.1, 0.15) is 5.75 Å². The molecule has 4 heteroatoms. The molecule has 1 aromatic heterocycles. The predicted molar refractivity (Wildman–Crippen MR) is 131 cm³/mol. The fourth-order valence-corrected chi connectivity index (χ4v) is 4.43. The Labute approximate surface area is 192 Å². The summed E-state index contributed by atoms with van der Waals surface area (Å²) in [5, 5.41) is 3.09. The normalized spacial score (nSPS) is 16.1. The third-order valence-electron chi connectivity index (χ3n) is 6.21. The topological polar surface area (TPSA) is 51.2 Å². The van der Waals surface area contributed by atoms with Gasteiger partial charge in [0.15, 0.2) is 0 Å². The highest BCUT2D eigenvalue weighted by Gasteiger charge is 2.18. The first-order valence-electron chi connectivity index (χ1n) is 11.9. The number of benzene rings is 1. The van der Waals surface area contributed by atoms with Crippen molar-refractivity contribution in [1.29, 1.82) is 0 Å². The summed E-state index contributed by atoms with van der Waals surface area (Å²) in [4.78, 5) is 16.6. The van der Waals surface area contributed by atoms with E-state index in [0.717, 1.165) is 25.0 Å². The van der Waals surface area contributed by atoms with E-state index in [9.17, 15) is 4.79 Å². The third kappa shape index (κ3) is 7.67. The molecule has 1 N–H and O–H groups in total. The Morgan fingerprint density at radius 2 is 1.97 bits per heavy atom. The summed E-state index contributed by atoms with van der Waals surface area (Å²) < 4.78 is 5.31. The number of aryl methyl sites for hydroxylation is 1. The number of ether oxygens (including phenoxy) is 1. The number of aromatic nitrogens is 1. The van der Waals surface area contributed by atoms with Crippen LogP contribution in [0.4, 0.5) is 0 Å². The molecular formula is C28H36N2O2. The van der Waals surface area contributed by atoms with Crippen molar-refractivity contribution in [1.82, 2.24) is 10.3 Å². The Bertz CT molecular complexity index is 881. The summed E-state index contributed by atoms with van der Waals surface area (Å²) in [6.45, 7) is 2.07. The first kappa shape index (κ1) is 23.8. The van der Waals surface area contributed by atoms with E-state index in [1.807, 2.05) is 30.5 Å². The van der Waals surface area contributed by atoms with Gasteiger partial charge in [-0.25, -0.2) is 0 Å². The molecule has 1 aliphatic rings. The largest absolute Gasteiger partial charge is 0.497 e. The van der Waals surface area contributed by atoms with E-state index in [4.69, 9.17) is 4.74 Å². The molecule has 170 valence electrons. The molecule has 1 aromatic carbocycles. The summed E-state index contributed by atoms with van der Waals surface area (Å²) in [6, 6.07) is 12.5. The molecule has 1 atom stereocenters. The summed E-state index contributed by atoms with van der Waals surface area (Å²) in [5.74, 6) is 1.38. The first-order valence-corrected chi connectivity index (χ1v) is 11.9. The molecule has 1 amide bonds. The highest BCUT2D eigenvalue weighted by atomic mass is 16.5. The molecule has 1 heterocycles. The highest BCUT2D eigenvalue weighted by Crippen LogP contribution is 2.35. The molecule has 0 radical (unpaired) electrons. The van der Waals surface area contributed by atoms with E-state index in [1.54, 1.807) is 19.4 Å². The van der Waals surface area contributed by atoms with Gasteiger partial charge in [-0.15, -0.1) is 0 Å². The lowest BCUT2D eigenvalue weighted by atomic mass is 9.81. The molecule has 1 fully saturated rings. The maximum Gasteiger partial charge on any atom is 0.244 e. The van der Waals surface area contributed by atoms with Gasteiger partial charge in [0, 0.05) is 24.5 Å². The number of nitrogens with one attached hydrogen (secondary N) is 1. The number of allylic oxidation sites excluding steroid dienone is 3. The molecule has 1 saturated carbocycles. The summed E-state index contributed by atoms with van der Waals surface area (Å²) in [5.41, 5.74) is 3.78. The zero-order chi connectivity index (χ0) is 22.6. The van der Waals surface area contributed by atoms with E-state index in [-0.39, 0.29) is 11.9 Å². The minimum absolute atomic E-state index is 0.0344. The van der Waals surface area contributed by atoms with Gasteiger partial charge in [-0.05, 0) is 79.8 Å². The lowest BCUT2D eigenvalue weighted by Crippen LogP contribution is -2.31. The van der Waals surface area contributed by atoms with Gasteiger partial charge in [-0.2, -0.15) is 0 Å². The maximum atomic E-state index is 12.4. The fourth-order valence-electron chi connectivity index (χ4n) is 4.43. The minimum Gasteiger partial charge on any atom is -0.497 e. The molecule has 1 aliphatic carbocycles. The van der Waals surface area contributed by atoms with E-state index in [2.05, 4.69) is 41.5 Å². The molecular weight excluding hydrogens is 396 g/mol. The van der Waals surface area contributed by atoms with Gasteiger partial charge in [-0.3, -0.25) is 9.78 Å². The molecule has 0 bridgehead atoms. The number of methoxy groups -OCH3 is 1. The van der Waals surface area contributed by atoms with Crippen LogP contribution in [0.2, 0.25) is 0 Å². The second-order valence-electron chi connectivity index (χ2n) is 8.71. The van der Waals surface area contributed by atoms with Gasteiger partial charge in [0.25, 0.3) is 0 Å². The van der Waals surface area contributed by atoms with Crippen LogP contribution in [0.25, 0.3) is 5.57 Å². The van der Waals surface area contributed by atoms with Gasteiger partial charge >= 0.3 is 0 Å². The quantitative estimate of drug-likeness (QED) is 0.362. The number of carbonyl (C=O) groups excluding carboxylic acids is 1. The fraction of sp³-hybridized carbons (Fsp3) is 0.429. The average molecular weight is 433 g/mol. The van der Waals surface area contributed by atoms with Crippen LogP contribution in [0.5, 0.6) is 5.75 Å². The van der Waals surface area contributed by atoms with Gasteiger partial charge < -0.3 is 10.1 Å². The average Bonchev–Trinajstić information content (AvgIpc) is 2.83. The molecule has 0 aliphatic heterocycles. The van der Waals surface area contributed by atoms with Crippen molar-refractivity contribution >= 4 is 11.5 Å². The Hall–Kier alpha value is -2.88. The number of pyridine rings is 1. The highest BCUT2D eigenvalue weighted by molar-refractivity contribution is 5.88. The van der Waals surface area contributed by atoms with Crippen LogP contribution in [0.3, 0.4) is 0 Å². The van der Waals surface area contributed by atoms with Crippen molar-refractivity contribution in [2.24, 2.45) is 5.92 Å². The number of rotatable bonds is 10. The summed E-state index contributed by atoms with van der Waals surface area (Å²) in [6.07, 6.45) is 18.7. The maximum absolute atomic E-state index is 12.4. The predicted octanol–water partition coefficient (Wildman–Crippen LogP) is 6.14. The number of hydrogen-bond donors (Lipinski definition) is 1. The second-order valence-corrected chi connectivity index (χ2v) is 8.71.